The Balaban J connectivity index is 1.69. The minimum atomic E-state index is 0.384. The van der Waals surface area contributed by atoms with E-state index in [1.165, 1.54) is 54.5 Å². The zero-order valence-electron chi connectivity index (χ0n) is 13.2. The van der Waals surface area contributed by atoms with Crippen molar-refractivity contribution in [3.8, 4) is 5.75 Å². The lowest BCUT2D eigenvalue weighted by Gasteiger charge is -2.53. The van der Waals surface area contributed by atoms with E-state index >= 15 is 0 Å². The number of hydrogen-bond donors (Lipinski definition) is 2. The summed E-state index contributed by atoms with van der Waals surface area (Å²) in [5.41, 5.74) is 4.16. The van der Waals surface area contributed by atoms with Crippen LogP contribution in [0.2, 0.25) is 0 Å². The largest absolute Gasteiger partial charge is 0.508 e. The minimum Gasteiger partial charge on any atom is -0.508 e. The first-order valence-corrected chi connectivity index (χ1v) is 8.82. The van der Waals surface area contributed by atoms with Crippen molar-refractivity contribution < 1.29 is 5.11 Å². The van der Waals surface area contributed by atoms with Gasteiger partial charge in [-0.3, -0.25) is 4.90 Å². The summed E-state index contributed by atoms with van der Waals surface area (Å²) in [6.07, 6.45) is 5.22. The van der Waals surface area contributed by atoms with Gasteiger partial charge in [-0.2, -0.15) is 0 Å². The first kappa shape index (κ1) is 13.0. The van der Waals surface area contributed by atoms with Crippen LogP contribution in [0, 0.1) is 11.8 Å². The predicted octanol–water partition coefficient (Wildman–Crippen LogP) is 3.63. The maximum atomic E-state index is 9.87. The molecular weight excluding hydrogens is 272 g/mol. The lowest BCUT2D eigenvalue weighted by Crippen LogP contribution is -2.56. The summed E-state index contributed by atoms with van der Waals surface area (Å²) in [5, 5.41) is 11.1. The van der Waals surface area contributed by atoms with Crippen molar-refractivity contribution in [2.24, 2.45) is 11.8 Å². The normalized spacial score (nSPS) is 36.3. The highest BCUT2D eigenvalue weighted by Crippen LogP contribution is 2.51. The zero-order valence-corrected chi connectivity index (χ0v) is 13.2. The van der Waals surface area contributed by atoms with Gasteiger partial charge in [0.1, 0.15) is 5.75 Å². The van der Waals surface area contributed by atoms with Crippen molar-refractivity contribution in [1.29, 1.82) is 0 Å². The molecule has 3 aliphatic heterocycles. The molecule has 1 saturated carbocycles. The van der Waals surface area contributed by atoms with Crippen LogP contribution in [-0.4, -0.2) is 34.1 Å². The highest BCUT2D eigenvalue weighted by Gasteiger charge is 2.48. The van der Waals surface area contributed by atoms with Crippen LogP contribution in [0.15, 0.2) is 18.2 Å². The van der Waals surface area contributed by atoms with Crippen LogP contribution in [0.5, 0.6) is 5.75 Å². The fourth-order valence-corrected chi connectivity index (χ4v) is 5.68. The molecule has 0 spiro atoms. The summed E-state index contributed by atoms with van der Waals surface area (Å²) in [4.78, 5) is 6.51. The predicted molar refractivity (Wildman–Crippen MR) is 88.3 cm³/mol. The van der Waals surface area contributed by atoms with E-state index in [1.807, 2.05) is 12.1 Å². The average molecular weight is 296 g/mol. The van der Waals surface area contributed by atoms with Crippen LogP contribution in [0.3, 0.4) is 0 Å². The van der Waals surface area contributed by atoms with E-state index in [9.17, 15) is 5.11 Å². The molecule has 2 N–H and O–H groups in total. The van der Waals surface area contributed by atoms with Gasteiger partial charge in [-0.15, -0.1) is 0 Å². The number of aromatic hydroxyl groups is 1. The SMILES string of the molecule is CC[C@@H]1C[C@H]2C[C@H]3c4[nH]c5ccc(O)cc5c4CCN(C2)[C@H]13. The number of nitrogens with one attached hydrogen (secondary N) is 1. The Morgan fingerprint density at radius 3 is 3.09 bits per heavy atom. The Kier molecular flexibility index (Phi) is 2.67. The third kappa shape index (κ3) is 1.66. The first-order valence-electron chi connectivity index (χ1n) is 8.82. The van der Waals surface area contributed by atoms with E-state index in [4.69, 9.17) is 0 Å². The lowest BCUT2D eigenvalue weighted by molar-refractivity contribution is -0.0134. The van der Waals surface area contributed by atoms with Crippen molar-refractivity contribution in [3.05, 3.63) is 29.5 Å². The molecule has 1 aromatic heterocycles. The second-order valence-electron chi connectivity index (χ2n) is 7.59. The van der Waals surface area contributed by atoms with Crippen molar-refractivity contribution in [3.63, 3.8) is 0 Å². The molecule has 0 radical (unpaired) electrons. The van der Waals surface area contributed by atoms with Gasteiger partial charge in [0, 0.05) is 41.6 Å². The van der Waals surface area contributed by atoms with Crippen molar-refractivity contribution in [1.82, 2.24) is 9.88 Å². The molecule has 0 amide bonds. The fraction of sp³-hybridized carbons (Fsp3) is 0.579. The van der Waals surface area contributed by atoms with Gasteiger partial charge in [0.25, 0.3) is 0 Å². The number of phenolic OH excluding ortho intramolecular Hbond substituents is 1. The number of rotatable bonds is 1. The van der Waals surface area contributed by atoms with E-state index in [0.29, 0.717) is 11.7 Å². The highest BCUT2D eigenvalue weighted by molar-refractivity contribution is 5.86. The Morgan fingerprint density at radius 2 is 2.23 bits per heavy atom. The minimum absolute atomic E-state index is 0.384. The molecule has 116 valence electrons. The van der Waals surface area contributed by atoms with Gasteiger partial charge in [-0.25, -0.2) is 0 Å². The van der Waals surface area contributed by atoms with E-state index in [0.717, 1.165) is 24.3 Å². The van der Waals surface area contributed by atoms with E-state index < -0.39 is 0 Å². The fourth-order valence-electron chi connectivity index (χ4n) is 5.68. The molecule has 1 aromatic carbocycles. The quantitative estimate of drug-likeness (QED) is 0.843. The molecule has 1 unspecified atom stereocenters. The third-order valence-electron chi connectivity index (χ3n) is 6.50. The van der Waals surface area contributed by atoms with E-state index in [-0.39, 0.29) is 0 Å². The van der Waals surface area contributed by atoms with Gasteiger partial charge in [-0.1, -0.05) is 13.3 Å². The molecular formula is C19H24N2O. The van der Waals surface area contributed by atoms with Crippen molar-refractivity contribution in [2.75, 3.05) is 13.1 Å². The van der Waals surface area contributed by atoms with E-state index in [1.54, 1.807) is 6.07 Å². The topological polar surface area (TPSA) is 39.3 Å². The molecule has 3 heteroatoms. The smallest absolute Gasteiger partial charge is 0.116 e. The molecule has 2 saturated heterocycles. The summed E-state index contributed by atoms with van der Waals surface area (Å²) < 4.78 is 0. The number of aromatic amines is 1. The monoisotopic (exact) mass is 296 g/mol. The van der Waals surface area contributed by atoms with Crippen LogP contribution >= 0.6 is 0 Å². The van der Waals surface area contributed by atoms with Gasteiger partial charge in [-0.05, 0) is 54.9 Å². The summed E-state index contributed by atoms with van der Waals surface area (Å²) in [6, 6.07) is 6.52. The third-order valence-corrected chi connectivity index (χ3v) is 6.50. The maximum absolute atomic E-state index is 9.87. The van der Waals surface area contributed by atoms with Gasteiger partial charge in [0.05, 0.1) is 0 Å². The number of aromatic nitrogens is 1. The van der Waals surface area contributed by atoms with Gasteiger partial charge in [0.15, 0.2) is 0 Å². The van der Waals surface area contributed by atoms with Crippen molar-refractivity contribution in [2.45, 2.75) is 44.6 Å². The van der Waals surface area contributed by atoms with Gasteiger partial charge >= 0.3 is 0 Å². The van der Waals surface area contributed by atoms with Gasteiger partial charge in [0.2, 0.25) is 0 Å². The highest BCUT2D eigenvalue weighted by atomic mass is 16.3. The van der Waals surface area contributed by atoms with Crippen molar-refractivity contribution >= 4 is 10.9 Å². The number of piperidine rings is 2. The summed E-state index contributed by atoms with van der Waals surface area (Å²) in [7, 11) is 0. The Morgan fingerprint density at radius 1 is 1.32 bits per heavy atom. The summed E-state index contributed by atoms with van der Waals surface area (Å²) in [5.74, 6) is 2.80. The standard InChI is InChI=1S/C19H24N2O/c1-2-12-7-11-8-16-18-14(5-6-21(10-11)19(12)16)15-9-13(22)3-4-17(15)20-18/h3-4,9,11-12,16,19-20,22H,2,5-8,10H2,1H3/t11-,12+,16-,19+/m0/s1. The molecule has 4 aliphatic rings. The maximum Gasteiger partial charge on any atom is 0.116 e. The van der Waals surface area contributed by atoms with Crippen LogP contribution in [-0.2, 0) is 6.42 Å². The molecule has 6 rings (SSSR count). The first-order chi connectivity index (χ1) is 10.7. The Bertz CT molecular complexity index is 734. The number of hydrogen-bond acceptors (Lipinski definition) is 2. The summed E-state index contributed by atoms with van der Waals surface area (Å²) >= 11 is 0. The second kappa shape index (κ2) is 4.51. The second-order valence-corrected chi connectivity index (χ2v) is 7.59. The number of phenols is 1. The van der Waals surface area contributed by atoms with Crippen LogP contribution in [0.1, 0.15) is 43.4 Å². The molecule has 22 heavy (non-hydrogen) atoms. The molecule has 3 fully saturated rings. The van der Waals surface area contributed by atoms with E-state index in [2.05, 4.69) is 16.8 Å². The van der Waals surface area contributed by atoms with Crippen LogP contribution < -0.4 is 0 Å². The number of fused-ring (bicyclic) bond motifs is 4. The number of H-pyrrole nitrogens is 1. The molecule has 4 heterocycles. The van der Waals surface area contributed by atoms with Crippen LogP contribution in [0.25, 0.3) is 10.9 Å². The molecule has 3 nitrogen and oxygen atoms in total. The number of benzene rings is 1. The zero-order chi connectivity index (χ0) is 14.8. The average Bonchev–Trinajstić information content (AvgIpc) is 2.85. The molecule has 2 aromatic rings. The Labute approximate surface area is 131 Å². The Hall–Kier alpha value is -1.48. The summed E-state index contributed by atoms with van der Waals surface area (Å²) in [6.45, 7) is 4.86. The molecule has 1 aliphatic carbocycles. The number of nitrogens with zero attached hydrogens (tertiary/aromatic N) is 1. The van der Waals surface area contributed by atoms with Crippen LogP contribution in [0.4, 0.5) is 0 Å². The molecule has 5 atom stereocenters. The lowest BCUT2D eigenvalue weighted by atomic mass is 9.65. The van der Waals surface area contributed by atoms with Gasteiger partial charge < -0.3 is 10.1 Å². The molecule has 4 bridgehead atoms.